The second-order valence-electron chi connectivity index (χ2n) is 5.73. The number of carbonyl (C=O) groups is 2. The molecular weight excluding hydrogens is 308 g/mol. The van der Waals surface area contributed by atoms with Crippen molar-refractivity contribution in [1.82, 2.24) is 4.90 Å². The average molecular weight is 336 g/mol. The summed E-state index contributed by atoms with van der Waals surface area (Å²) in [6.07, 6.45) is 2.83. The van der Waals surface area contributed by atoms with Crippen molar-refractivity contribution in [3.8, 4) is 0 Å². The molecule has 0 bridgehead atoms. The van der Waals surface area contributed by atoms with Crippen molar-refractivity contribution in [1.29, 1.82) is 0 Å². The lowest BCUT2D eigenvalue weighted by Crippen LogP contribution is -2.45. The number of hydrogen-bond donors (Lipinski definition) is 2. The Bertz CT molecular complexity index is 493. The van der Waals surface area contributed by atoms with E-state index in [9.17, 15) is 14.7 Å². The van der Waals surface area contributed by atoms with Crippen LogP contribution in [0.25, 0.3) is 0 Å². The van der Waals surface area contributed by atoms with E-state index in [1.54, 1.807) is 0 Å². The van der Waals surface area contributed by atoms with E-state index in [4.69, 9.17) is 10.5 Å². The zero-order valence-electron chi connectivity index (χ0n) is 14.3. The van der Waals surface area contributed by atoms with Gasteiger partial charge in [-0.3, -0.25) is 4.90 Å². The highest BCUT2D eigenvalue weighted by atomic mass is 16.6. The van der Waals surface area contributed by atoms with Crippen molar-refractivity contribution >= 4 is 12.1 Å². The molecule has 0 aliphatic rings. The molecule has 6 heteroatoms. The third-order valence-electron chi connectivity index (χ3n) is 3.79. The number of carbonyl (C=O) groups excluding carboxylic acids is 1. The maximum Gasteiger partial charge on any atom is 0.410 e. The first-order valence-electron chi connectivity index (χ1n) is 8.50. The number of nitrogens with zero attached hydrogens (tertiary/aromatic N) is 1. The van der Waals surface area contributed by atoms with Gasteiger partial charge in [-0.05, 0) is 37.8 Å². The molecular formula is C18H28N2O4. The van der Waals surface area contributed by atoms with Crippen LogP contribution in [0.5, 0.6) is 0 Å². The summed E-state index contributed by atoms with van der Waals surface area (Å²) < 4.78 is 5.32. The van der Waals surface area contributed by atoms with Crippen LogP contribution in [0.1, 0.15) is 44.6 Å². The molecule has 1 amide bonds. The summed E-state index contributed by atoms with van der Waals surface area (Å²) in [5.41, 5.74) is 6.34. The van der Waals surface area contributed by atoms with Gasteiger partial charge in [0.05, 0.1) is 0 Å². The first kappa shape index (κ1) is 20.0. The lowest BCUT2D eigenvalue weighted by molar-refractivity contribution is -0.143. The van der Waals surface area contributed by atoms with Gasteiger partial charge in [-0.1, -0.05) is 43.7 Å². The number of hydrogen-bond acceptors (Lipinski definition) is 4. The van der Waals surface area contributed by atoms with Crippen LogP contribution in [0.2, 0.25) is 0 Å². The Hall–Kier alpha value is -2.08. The van der Waals surface area contributed by atoms with Gasteiger partial charge in [0.15, 0.2) is 0 Å². The van der Waals surface area contributed by atoms with E-state index in [2.05, 4.69) is 0 Å². The lowest BCUT2D eigenvalue weighted by Gasteiger charge is -2.28. The number of amides is 1. The van der Waals surface area contributed by atoms with Crippen LogP contribution in [0.4, 0.5) is 4.79 Å². The fourth-order valence-electron chi connectivity index (χ4n) is 2.40. The molecule has 0 aromatic heterocycles. The highest BCUT2D eigenvalue weighted by molar-refractivity contribution is 5.80. The van der Waals surface area contributed by atoms with Crippen molar-refractivity contribution in [2.24, 2.45) is 5.73 Å². The number of carboxylic acid groups (broad SMARTS) is 1. The zero-order valence-corrected chi connectivity index (χ0v) is 14.3. The second kappa shape index (κ2) is 11.5. The van der Waals surface area contributed by atoms with Gasteiger partial charge >= 0.3 is 12.1 Å². The molecule has 0 spiro atoms. The van der Waals surface area contributed by atoms with Gasteiger partial charge in [-0.25, -0.2) is 9.59 Å². The molecule has 0 radical (unpaired) electrons. The van der Waals surface area contributed by atoms with Gasteiger partial charge in [0, 0.05) is 6.54 Å². The predicted octanol–water partition coefficient (Wildman–Crippen LogP) is 3.01. The molecule has 134 valence electrons. The molecule has 1 atom stereocenters. The summed E-state index contributed by atoms with van der Waals surface area (Å²) in [5, 5.41) is 9.50. The molecule has 1 aromatic carbocycles. The fraction of sp³-hybridized carbons (Fsp3) is 0.556. The summed E-state index contributed by atoms with van der Waals surface area (Å²) in [5.74, 6) is -1.00. The van der Waals surface area contributed by atoms with Gasteiger partial charge in [0.2, 0.25) is 0 Å². The van der Waals surface area contributed by atoms with Crippen LogP contribution in [-0.4, -0.2) is 41.2 Å². The quantitative estimate of drug-likeness (QED) is 0.606. The van der Waals surface area contributed by atoms with E-state index in [0.717, 1.165) is 24.8 Å². The number of benzene rings is 1. The van der Waals surface area contributed by atoms with Crippen LogP contribution in [0.15, 0.2) is 30.3 Å². The maximum atomic E-state index is 12.4. The summed E-state index contributed by atoms with van der Waals surface area (Å²) in [7, 11) is 0. The standard InChI is InChI=1S/C18H28N2O4/c1-2-3-13-20(16(17(21)22)11-7-8-12-19)18(23)24-14-15-9-5-4-6-10-15/h4-6,9-10,16H,2-3,7-8,11-14,19H2,1H3,(H,21,22)/t16-/m0/s1. The van der Waals surface area contributed by atoms with E-state index in [0.29, 0.717) is 25.9 Å². The topological polar surface area (TPSA) is 92.9 Å². The highest BCUT2D eigenvalue weighted by Gasteiger charge is 2.29. The van der Waals surface area contributed by atoms with Crippen LogP contribution < -0.4 is 5.73 Å². The van der Waals surface area contributed by atoms with Crippen LogP contribution in [0.3, 0.4) is 0 Å². The maximum absolute atomic E-state index is 12.4. The van der Waals surface area contributed by atoms with Crippen LogP contribution in [-0.2, 0) is 16.1 Å². The molecule has 24 heavy (non-hydrogen) atoms. The SMILES string of the molecule is CCCCN(C(=O)OCc1ccccc1)[C@@H](CCCCN)C(=O)O. The molecule has 3 N–H and O–H groups in total. The molecule has 0 saturated carbocycles. The number of unbranched alkanes of at least 4 members (excludes halogenated alkanes) is 2. The molecule has 1 rings (SSSR count). The molecule has 6 nitrogen and oxygen atoms in total. The Balaban J connectivity index is 2.72. The van der Waals surface area contributed by atoms with Crippen LogP contribution >= 0.6 is 0 Å². The third-order valence-corrected chi connectivity index (χ3v) is 3.79. The van der Waals surface area contributed by atoms with Crippen LogP contribution in [0, 0.1) is 0 Å². The molecule has 0 heterocycles. The Morgan fingerprint density at radius 3 is 2.50 bits per heavy atom. The van der Waals surface area contributed by atoms with Gasteiger partial charge in [0.25, 0.3) is 0 Å². The summed E-state index contributed by atoms with van der Waals surface area (Å²) >= 11 is 0. The van der Waals surface area contributed by atoms with Gasteiger partial charge in [0.1, 0.15) is 12.6 Å². The summed E-state index contributed by atoms with van der Waals surface area (Å²) in [6.45, 7) is 3.03. The number of aliphatic carboxylic acids is 1. The van der Waals surface area contributed by atoms with E-state index in [1.165, 1.54) is 4.90 Å². The number of rotatable bonds is 11. The molecule has 0 fully saturated rings. The number of ether oxygens (including phenoxy) is 1. The Labute approximate surface area is 143 Å². The van der Waals surface area contributed by atoms with Crippen molar-refractivity contribution in [2.75, 3.05) is 13.1 Å². The van der Waals surface area contributed by atoms with Gasteiger partial charge < -0.3 is 15.6 Å². The lowest BCUT2D eigenvalue weighted by atomic mass is 10.1. The predicted molar refractivity (Wildman–Crippen MR) is 92.6 cm³/mol. The van der Waals surface area contributed by atoms with Crippen molar-refractivity contribution in [2.45, 2.75) is 51.7 Å². The Morgan fingerprint density at radius 1 is 1.21 bits per heavy atom. The molecule has 0 aliphatic carbocycles. The molecule has 1 aromatic rings. The smallest absolute Gasteiger partial charge is 0.410 e. The van der Waals surface area contributed by atoms with Crippen molar-refractivity contribution in [3.63, 3.8) is 0 Å². The summed E-state index contributed by atoms with van der Waals surface area (Å²) in [4.78, 5) is 25.4. The van der Waals surface area contributed by atoms with E-state index in [1.807, 2.05) is 37.3 Å². The second-order valence-corrected chi connectivity index (χ2v) is 5.73. The minimum Gasteiger partial charge on any atom is -0.480 e. The van der Waals surface area contributed by atoms with Crippen molar-refractivity contribution in [3.05, 3.63) is 35.9 Å². The number of nitrogens with two attached hydrogens (primary N) is 1. The van der Waals surface area contributed by atoms with E-state index >= 15 is 0 Å². The normalized spacial score (nSPS) is 11.8. The molecule has 0 aliphatic heterocycles. The minimum atomic E-state index is -1.00. The minimum absolute atomic E-state index is 0.136. The first-order chi connectivity index (χ1) is 11.6. The number of carboxylic acids is 1. The Kier molecular flexibility index (Phi) is 9.53. The van der Waals surface area contributed by atoms with Gasteiger partial charge in [-0.15, -0.1) is 0 Å². The molecule has 0 unspecified atom stereocenters. The van der Waals surface area contributed by atoms with E-state index < -0.39 is 18.1 Å². The average Bonchev–Trinajstić information content (AvgIpc) is 2.59. The monoisotopic (exact) mass is 336 g/mol. The third kappa shape index (κ3) is 7.00. The first-order valence-corrected chi connectivity index (χ1v) is 8.50. The summed E-state index contributed by atoms with van der Waals surface area (Å²) in [6, 6.07) is 8.47. The zero-order chi connectivity index (χ0) is 17.8. The highest BCUT2D eigenvalue weighted by Crippen LogP contribution is 2.14. The fourth-order valence-corrected chi connectivity index (χ4v) is 2.40. The van der Waals surface area contributed by atoms with Crippen molar-refractivity contribution < 1.29 is 19.4 Å². The van der Waals surface area contributed by atoms with E-state index in [-0.39, 0.29) is 6.61 Å². The Morgan fingerprint density at radius 2 is 1.92 bits per heavy atom. The van der Waals surface area contributed by atoms with Gasteiger partial charge in [-0.2, -0.15) is 0 Å². The largest absolute Gasteiger partial charge is 0.480 e. The molecule has 0 saturated heterocycles.